The smallest absolute Gasteiger partial charge is 0.254 e. The first-order chi connectivity index (χ1) is 12.2. The van der Waals surface area contributed by atoms with E-state index < -0.39 is 0 Å². The number of halogens is 1. The van der Waals surface area contributed by atoms with Crippen molar-refractivity contribution in [1.82, 2.24) is 20.4 Å². The van der Waals surface area contributed by atoms with Gasteiger partial charge in [0.1, 0.15) is 5.75 Å². The third kappa shape index (κ3) is 4.19. The fraction of sp³-hybridized carbons (Fsp3) is 0.474. The van der Waals surface area contributed by atoms with Gasteiger partial charge in [0.2, 0.25) is 0 Å². The molecule has 2 aliphatic rings. The number of aromatic nitrogens is 2. The monoisotopic (exact) mass is 376 g/mol. The molecule has 1 aromatic heterocycles. The molecule has 2 bridgehead atoms. The standard InChI is InChI=1S/C19H24N4O2.ClH/c1-25-18-6-2-13(3-7-18)11-23-12-14(10-20-23)19(24)22-17-8-15-4-5-16(9-17)21-15;/h2-3,6-7,10,12,15-17,21H,4-5,8-9,11H2,1H3,(H,22,24);1H. The van der Waals surface area contributed by atoms with E-state index in [2.05, 4.69) is 15.7 Å². The van der Waals surface area contributed by atoms with Gasteiger partial charge >= 0.3 is 0 Å². The second-order valence-corrected chi connectivity index (χ2v) is 7.05. The van der Waals surface area contributed by atoms with E-state index in [1.165, 1.54) is 12.8 Å². The number of hydrogen-bond acceptors (Lipinski definition) is 4. The highest BCUT2D eigenvalue weighted by molar-refractivity contribution is 5.93. The van der Waals surface area contributed by atoms with Crippen molar-refractivity contribution in [2.24, 2.45) is 0 Å². The maximum atomic E-state index is 12.5. The van der Waals surface area contributed by atoms with Crippen LogP contribution in [0.25, 0.3) is 0 Å². The topological polar surface area (TPSA) is 68.2 Å². The van der Waals surface area contributed by atoms with Crippen molar-refractivity contribution in [3.63, 3.8) is 0 Å². The Morgan fingerprint density at radius 2 is 1.96 bits per heavy atom. The molecule has 4 rings (SSSR count). The van der Waals surface area contributed by atoms with Crippen LogP contribution in [0.4, 0.5) is 0 Å². The van der Waals surface area contributed by atoms with Crippen molar-refractivity contribution in [2.45, 2.75) is 50.4 Å². The molecule has 2 fully saturated rings. The van der Waals surface area contributed by atoms with E-state index >= 15 is 0 Å². The summed E-state index contributed by atoms with van der Waals surface area (Å²) in [6.07, 6.45) is 7.99. The number of rotatable bonds is 5. The minimum Gasteiger partial charge on any atom is -0.497 e. The lowest BCUT2D eigenvalue weighted by Gasteiger charge is -2.29. The van der Waals surface area contributed by atoms with Crippen LogP contribution in [0.2, 0.25) is 0 Å². The minimum absolute atomic E-state index is 0. The summed E-state index contributed by atoms with van der Waals surface area (Å²) in [5, 5.41) is 11.1. The van der Waals surface area contributed by atoms with Crippen molar-refractivity contribution in [3.05, 3.63) is 47.8 Å². The van der Waals surface area contributed by atoms with Gasteiger partial charge in [-0.3, -0.25) is 9.48 Å². The molecule has 2 saturated heterocycles. The Morgan fingerprint density at radius 3 is 2.62 bits per heavy atom. The van der Waals surface area contributed by atoms with E-state index in [0.29, 0.717) is 24.2 Å². The Kier molecular flexibility index (Phi) is 5.84. The molecule has 2 aromatic rings. The Bertz CT molecular complexity index is 734. The van der Waals surface area contributed by atoms with Gasteiger partial charge in [0.15, 0.2) is 0 Å². The Hall–Kier alpha value is -2.05. The zero-order chi connectivity index (χ0) is 17.2. The molecule has 2 aliphatic heterocycles. The molecule has 0 saturated carbocycles. The molecule has 6 nitrogen and oxygen atoms in total. The highest BCUT2D eigenvalue weighted by atomic mass is 35.5. The summed E-state index contributed by atoms with van der Waals surface area (Å²) < 4.78 is 6.96. The van der Waals surface area contributed by atoms with Crippen molar-refractivity contribution < 1.29 is 9.53 Å². The van der Waals surface area contributed by atoms with Gasteiger partial charge in [0.25, 0.3) is 5.91 Å². The predicted molar refractivity (Wildman–Crippen MR) is 102 cm³/mol. The molecule has 140 valence electrons. The normalized spacial score (nSPS) is 24.0. The lowest BCUT2D eigenvalue weighted by Crippen LogP contribution is -2.47. The molecule has 0 radical (unpaired) electrons. The van der Waals surface area contributed by atoms with Gasteiger partial charge in [-0.15, -0.1) is 12.4 Å². The second-order valence-electron chi connectivity index (χ2n) is 7.05. The predicted octanol–water partition coefficient (Wildman–Crippen LogP) is 2.37. The molecule has 7 heteroatoms. The summed E-state index contributed by atoms with van der Waals surface area (Å²) in [7, 11) is 1.65. The third-order valence-corrected chi connectivity index (χ3v) is 5.21. The van der Waals surface area contributed by atoms with Gasteiger partial charge in [-0.25, -0.2) is 0 Å². The molecule has 3 heterocycles. The summed E-state index contributed by atoms with van der Waals surface area (Å²) in [6, 6.07) is 9.28. The van der Waals surface area contributed by atoms with Gasteiger partial charge < -0.3 is 15.4 Å². The molecular formula is C19H25ClN4O2. The summed E-state index contributed by atoms with van der Waals surface area (Å²) in [4.78, 5) is 12.5. The van der Waals surface area contributed by atoms with Crippen molar-refractivity contribution >= 4 is 18.3 Å². The number of fused-ring (bicyclic) bond motifs is 2. The number of ether oxygens (including phenoxy) is 1. The Morgan fingerprint density at radius 1 is 1.27 bits per heavy atom. The van der Waals surface area contributed by atoms with Crippen LogP contribution in [0.3, 0.4) is 0 Å². The lowest BCUT2D eigenvalue weighted by atomic mass is 9.99. The highest BCUT2D eigenvalue weighted by Gasteiger charge is 2.34. The fourth-order valence-electron chi connectivity index (χ4n) is 3.93. The average molecular weight is 377 g/mol. The molecule has 2 atom stereocenters. The maximum Gasteiger partial charge on any atom is 0.254 e. The Balaban J connectivity index is 0.00000196. The summed E-state index contributed by atoms with van der Waals surface area (Å²) in [5.41, 5.74) is 1.74. The van der Waals surface area contributed by atoms with Crippen molar-refractivity contribution in [1.29, 1.82) is 0 Å². The Labute approximate surface area is 159 Å². The quantitative estimate of drug-likeness (QED) is 0.840. The van der Waals surface area contributed by atoms with E-state index in [9.17, 15) is 4.79 Å². The third-order valence-electron chi connectivity index (χ3n) is 5.21. The highest BCUT2D eigenvalue weighted by Crippen LogP contribution is 2.26. The first-order valence-electron chi connectivity index (χ1n) is 8.92. The molecule has 1 amide bonds. The number of nitrogens with zero attached hydrogens (tertiary/aromatic N) is 2. The van der Waals surface area contributed by atoms with Crippen LogP contribution in [0.5, 0.6) is 5.75 Å². The first-order valence-corrected chi connectivity index (χ1v) is 8.92. The summed E-state index contributed by atoms with van der Waals surface area (Å²) in [6.45, 7) is 0.634. The summed E-state index contributed by atoms with van der Waals surface area (Å²) >= 11 is 0. The molecule has 0 spiro atoms. The molecule has 2 unspecified atom stereocenters. The molecule has 1 aromatic carbocycles. The minimum atomic E-state index is -0.0210. The van der Waals surface area contributed by atoms with Gasteiger partial charge in [-0.1, -0.05) is 12.1 Å². The number of hydrogen-bond donors (Lipinski definition) is 2. The SMILES string of the molecule is COc1ccc(Cn2cc(C(=O)NC3CC4CCC(C3)N4)cn2)cc1.Cl. The zero-order valence-corrected chi connectivity index (χ0v) is 15.7. The lowest BCUT2D eigenvalue weighted by molar-refractivity contribution is 0.0924. The van der Waals surface area contributed by atoms with Crippen LogP contribution in [-0.2, 0) is 6.54 Å². The second kappa shape index (κ2) is 8.10. The average Bonchev–Trinajstić information content (AvgIpc) is 3.22. The van der Waals surface area contributed by atoms with Crippen molar-refractivity contribution in [3.8, 4) is 5.75 Å². The molecular weight excluding hydrogens is 352 g/mol. The van der Waals surface area contributed by atoms with Gasteiger partial charge in [-0.05, 0) is 43.4 Å². The van der Waals surface area contributed by atoms with Crippen molar-refractivity contribution in [2.75, 3.05) is 7.11 Å². The molecule has 2 N–H and O–H groups in total. The molecule has 26 heavy (non-hydrogen) atoms. The fourth-order valence-corrected chi connectivity index (χ4v) is 3.93. The number of piperidine rings is 1. The van der Waals surface area contributed by atoms with E-state index in [-0.39, 0.29) is 24.4 Å². The number of amides is 1. The number of carbonyl (C=O) groups excluding carboxylic acids is 1. The van der Waals surface area contributed by atoms with Crippen LogP contribution in [0, 0.1) is 0 Å². The van der Waals surface area contributed by atoms with E-state index in [4.69, 9.17) is 4.74 Å². The van der Waals surface area contributed by atoms with E-state index in [1.54, 1.807) is 18.0 Å². The number of nitrogens with one attached hydrogen (secondary N) is 2. The van der Waals surface area contributed by atoms with E-state index in [0.717, 1.165) is 24.2 Å². The van der Waals surface area contributed by atoms with Gasteiger partial charge in [0.05, 0.1) is 25.4 Å². The van der Waals surface area contributed by atoms with Gasteiger partial charge in [0, 0.05) is 24.3 Å². The van der Waals surface area contributed by atoms with Crippen LogP contribution in [-0.4, -0.2) is 40.9 Å². The van der Waals surface area contributed by atoms with E-state index in [1.807, 2.05) is 30.5 Å². The van der Waals surface area contributed by atoms with Crippen LogP contribution in [0.1, 0.15) is 41.6 Å². The van der Waals surface area contributed by atoms with Crippen LogP contribution < -0.4 is 15.4 Å². The number of benzene rings is 1. The first kappa shape index (κ1) is 18.7. The number of carbonyl (C=O) groups is 1. The molecule has 0 aliphatic carbocycles. The number of methoxy groups -OCH3 is 1. The van der Waals surface area contributed by atoms with Crippen LogP contribution >= 0.6 is 12.4 Å². The van der Waals surface area contributed by atoms with Crippen LogP contribution in [0.15, 0.2) is 36.7 Å². The summed E-state index contributed by atoms with van der Waals surface area (Å²) in [5.74, 6) is 0.813. The zero-order valence-electron chi connectivity index (χ0n) is 14.9. The maximum absolute atomic E-state index is 12.5. The largest absolute Gasteiger partial charge is 0.497 e. The van der Waals surface area contributed by atoms with Gasteiger partial charge in [-0.2, -0.15) is 5.10 Å².